The molecule has 0 aliphatic carbocycles. The van der Waals surface area contributed by atoms with Gasteiger partial charge in [-0.05, 0) is 37.4 Å². The minimum absolute atomic E-state index is 0.228. The maximum atomic E-state index is 9.85. The normalized spacial score (nSPS) is 13.9. The number of aliphatic hydroxyl groups excluding tert-OH is 2. The van der Waals surface area contributed by atoms with Crippen LogP contribution in [0.25, 0.3) is 0 Å². The van der Waals surface area contributed by atoms with Crippen molar-refractivity contribution in [3.05, 3.63) is 30.3 Å². The highest BCUT2D eigenvalue weighted by molar-refractivity contribution is 5.20. The van der Waals surface area contributed by atoms with Crippen molar-refractivity contribution in [3.63, 3.8) is 0 Å². The van der Waals surface area contributed by atoms with Crippen LogP contribution in [0.1, 0.15) is 26.2 Å². The van der Waals surface area contributed by atoms with E-state index in [9.17, 15) is 5.11 Å². The van der Waals surface area contributed by atoms with E-state index in [-0.39, 0.29) is 13.2 Å². The Labute approximate surface area is 121 Å². The summed E-state index contributed by atoms with van der Waals surface area (Å²) >= 11 is 0. The largest absolute Gasteiger partial charge is 0.491 e. The van der Waals surface area contributed by atoms with Gasteiger partial charge in [0.05, 0.1) is 0 Å². The van der Waals surface area contributed by atoms with Crippen molar-refractivity contribution in [1.82, 2.24) is 5.32 Å². The fourth-order valence-corrected chi connectivity index (χ4v) is 2.16. The molecule has 3 N–H and O–H groups in total. The Hall–Kier alpha value is -1.10. The standard InChI is InChI=1S/C16H27NO3/c1-2-6-14(9-10-18)11-17-12-15(19)13-20-16-7-4-3-5-8-16/h3-5,7-8,14-15,17-19H,2,6,9-13H2,1H3. The molecule has 1 aromatic carbocycles. The molecule has 1 aromatic rings. The molecule has 0 aliphatic heterocycles. The molecule has 0 fully saturated rings. The van der Waals surface area contributed by atoms with E-state index >= 15 is 0 Å². The third-order valence-electron chi connectivity index (χ3n) is 3.23. The average Bonchev–Trinajstić information content (AvgIpc) is 2.47. The molecule has 4 heteroatoms. The molecule has 0 aromatic heterocycles. The van der Waals surface area contributed by atoms with E-state index in [1.165, 1.54) is 0 Å². The highest BCUT2D eigenvalue weighted by atomic mass is 16.5. The minimum Gasteiger partial charge on any atom is -0.491 e. The van der Waals surface area contributed by atoms with E-state index in [1.54, 1.807) is 0 Å². The Bertz CT molecular complexity index is 326. The van der Waals surface area contributed by atoms with Crippen molar-refractivity contribution in [2.75, 3.05) is 26.3 Å². The molecular weight excluding hydrogens is 254 g/mol. The van der Waals surface area contributed by atoms with E-state index in [4.69, 9.17) is 9.84 Å². The van der Waals surface area contributed by atoms with Crippen LogP contribution in [-0.2, 0) is 0 Å². The third kappa shape index (κ3) is 7.48. The summed E-state index contributed by atoms with van der Waals surface area (Å²) in [5.41, 5.74) is 0. The molecule has 4 nitrogen and oxygen atoms in total. The number of benzene rings is 1. The van der Waals surface area contributed by atoms with E-state index in [0.717, 1.165) is 31.6 Å². The second-order valence-corrected chi connectivity index (χ2v) is 5.10. The number of hydrogen-bond donors (Lipinski definition) is 3. The molecule has 2 unspecified atom stereocenters. The monoisotopic (exact) mass is 281 g/mol. The lowest BCUT2D eigenvalue weighted by molar-refractivity contribution is 0.105. The quantitative estimate of drug-likeness (QED) is 0.579. The second kappa shape index (κ2) is 10.7. The summed E-state index contributed by atoms with van der Waals surface area (Å²) in [5, 5.41) is 22.1. The van der Waals surface area contributed by atoms with Crippen LogP contribution in [0.15, 0.2) is 30.3 Å². The van der Waals surface area contributed by atoms with Crippen LogP contribution in [0.4, 0.5) is 0 Å². The van der Waals surface area contributed by atoms with Crippen molar-refractivity contribution >= 4 is 0 Å². The molecule has 0 saturated heterocycles. The first kappa shape index (κ1) is 17.0. The van der Waals surface area contributed by atoms with Gasteiger partial charge >= 0.3 is 0 Å². The number of para-hydroxylation sites is 1. The highest BCUT2D eigenvalue weighted by Gasteiger charge is 2.09. The number of ether oxygens (including phenoxy) is 1. The Morgan fingerprint density at radius 3 is 2.55 bits per heavy atom. The van der Waals surface area contributed by atoms with Crippen LogP contribution >= 0.6 is 0 Å². The first-order chi connectivity index (χ1) is 9.76. The molecule has 0 amide bonds. The summed E-state index contributed by atoms with van der Waals surface area (Å²) < 4.78 is 5.49. The summed E-state index contributed by atoms with van der Waals surface area (Å²) in [4.78, 5) is 0. The SMILES string of the molecule is CCCC(CCO)CNCC(O)COc1ccccc1. The molecule has 0 heterocycles. The maximum absolute atomic E-state index is 9.85. The molecule has 0 bridgehead atoms. The van der Waals surface area contributed by atoms with Gasteiger partial charge in [-0.25, -0.2) is 0 Å². The summed E-state index contributed by atoms with van der Waals surface area (Å²) in [7, 11) is 0. The molecule has 0 saturated carbocycles. The number of nitrogens with one attached hydrogen (secondary N) is 1. The van der Waals surface area contributed by atoms with E-state index in [2.05, 4.69) is 12.2 Å². The molecule has 2 atom stereocenters. The first-order valence-electron chi connectivity index (χ1n) is 7.43. The molecule has 20 heavy (non-hydrogen) atoms. The fourth-order valence-electron chi connectivity index (χ4n) is 2.16. The zero-order valence-corrected chi connectivity index (χ0v) is 12.3. The Morgan fingerprint density at radius 1 is 1.15 bits per heavy atom. The summed E-state index contributed by atoms with van der Waals surface area (Å²) in [6, 6.07) is 9.49. The summed E-state index contributed by atoms with van der Waals surface area (Å²) in [5.74, 6) is 1.25. The lowest BCUT2D eigenvalue weighted by atomic mass is 10.0. The minimum atomic E-state index is -0.522. The van der Waals surface area contributed by atoms with Gasteiger partial charge in [0.15, 0.2) is 0 Å². The number of aliphatic hydroxyl groups is 2. The van der Waals surface area contributed by atoms with Gasteiger partial charge in [0, 0.05) is 13.2 Å². The van der Waals surface area contributed by atoms with Gasteiger partial charge in [-0.1, -0.05) is 31.5 Å². The van der Waals surface area contributed by atoms with Crippen molar-refractivity contribution < 1.29 is 14.9 Å². The van der Waals surface area contributed by atoms with Crippen LogP contribution in [0, 0.1) is 5.92 Å². The summed E-state index contributed by atoms with van der Waals surface area (Å²) in [6.07, 6.45) is 2.51. The zero-order valence-electron chi connectivity index (χ0n) is 12.3. The Kier molecular flexibility index (Phi) is 9.04. The predicted octanol–water partition coefficient (Wildman–Crippen LogP) is 1.81. The lowest BCUT2D eigenvalue weighted by Crippen LogP contribution is -2.34. The zero-order chi connectivity index (χ0) is 14.6. The lowest BCUT2D eigenvalue weighted by Gasteiger charge is -2.18. The van der Waals surface area contributed by atoms with Crippen molar-refractivity contribution in [2.45, 2.75) is 32.3 Å². The molecule has 0 aliphatic rings. The molecule has 114 valence electrons. The maximum Gasteiger partial charge on any atom is 0.119 e. The first-order valence-corrected chi connectivity index (χ1v) is 7.43. The van der Waals surface area contributed by atoms with Gasteiger partial charge in [-0.15, -0.1) is 0 Å². The average molecular weight is 281 g/mol. The van der Waals surface area contributed by atoms with Crippen LogP contribution < -0.4 is 10.1 Å². The smallest absolute Gasteiger partial charge is 0.119 e. The van der Waals surface area contributed by atoms with Crippen molar-refractivity contribution in [3.8, 4) is 5.75 Å². The Balaban J connectivity index is 2.14. The third-order valence-corrected chi connectivity index (χ3v) is 3.23. The predicted molar refractivity (Wildman–Crippen MR) is 80.9 cm³/mol. The highest BCUT2D eigenvalue weighted by Crippen LogP contribution is 2.10. The molecule has 1 rings (SSSR count). The van der Waals surface area contributed by atoms with E-state index < -0.39 is 6.10 Å². The molecule has 0 spiro atoms. The topological polar surface area (TPSA) is 61.7 Å². The van der Waals surface area contributed by atoms with E-state index in [0.29, 0.717) is 12.5 Å². The van der Waals surface area contributed by atoms with Crippen LogP contribution in [-0.4, -0.2) is 42.6 Å². The van der Waals surface area contributed by atoms with Crippen LogP contribution in [0.3, 0.4) is 0 Å². The van der Waals surface area contributed by atoms with Gasteiger partial charge in [0.1, 0.15) is 18.5 Å². The van der Waals surface area contributed by atoms with Gasteiger partial charge in [-0.2, -0.15) is 0 Å². The Morgan fingerprint density at radius 2 is 1.90 bits per heavy atom. The fraction of sp³-hybridized carbons (Fsp3) is 0.625. The van der Waals surface area contributed by atoms with Gasteiger partial charge < -0.3 is 20.3 Å². The van der Waals surface area contributed by atoms with Gasteiger partial charge in [-0.3, -0.25) is 0 Å². The second-order valence-electron chi connectivity index (χ2n) is 5.10. The molecular formula is C16H27NO3. The number of hydrogen-bond acceptors (Lipinski definition) is 4. The van der Waals surface area contributed by atoms with Gasteiger partial charge in [0.25, 0.3) is 0 Å². The summed E-state index contributed by atoms with van der Waals surface area (Å²) in [6.45, 7) is 4.00. The van der Waals surface area contributed by atoms with Crippen molar-refractivity contribution in [1.29, 1.82) is 0 Å². The van der Waals surface area contributed by atoms with Gasteiger partial charge in [0.2, 0.25) is 0 Å². The number of rotatable bonds is 11. The van der Waals surface area contributed by atoms with Crippen LogP contribution in [0.2, 0.25) is 0 Å². The van der Waals surface area contributed by atoms with Crippen LogP contribution in [0.5, 0.6) is 5.75 Å². The van der Waals surface area contributed by atoms with E-state index in [1.807, 2.05) is 30.3 Å². The molecule has 0 radical (unpaired) electrons. The van der Waals surface area contributed by atoms with Crippen molar-refractivity contribution in [2.24, 2.45) is 5.92 Å².